The first-order chi connectivity index (χ1) is 8.24. The van der Waals surface area contributed by atoms with E-state index in [0.717, 1.165) is 17.4 Å². The van der Waals surface area contributed by atoms with Crippen molar-refractivity contribution in [2.45, 2.75) is 51.1 Å². The molecule has 1 N–H and O–H groups in total. The van der Waals surface area contributed by atoms with E-state index in [0.29, 0.717) is 12.1 Å². The second-order valence-electron chi connectivity index (χ2n) is 4.75. The quantitative estimate of drug-likeness (QED) is 0.893. The van der Waals surface area contributed by atoms with E-state index in [9.17, 15) is 0 Å². The molecule has 0 aromatic carbocycles. The summed E-state index contributed by atoms with van der Waals surface area (Å²) in [6.07, 6.45) is 5.97. The van der Waals surface area contributed by atoms with Crippen molar-refractivity contribution >= 4 is 16.7 Å². The van der Waals surface area contributed by atoms with Gasteiger partial charge in [0.15, 0.2) is 0 Å². The van der Waals surface area contributed by atoms with E-state index in [1.54, 1.807) is 0 Å². The molecule has 17 heavy (non-hydrogen) atoms. The number of anilines is 1. The first kappa shape index (κ1) is 12.8. The fourth-order valence-corrected chi connectivity index (χ4v) is 3.22. The maximum Gasteiger partial charge on any atom is 0.205 e. The van der Waals surface area contributed by atoms with Gasteiger partial charge in [-0.05, 0) is 32.7 Å². The largest absolute Gasteiger partial charge is 0.347 e. The Morgan fingerprint density at radius 3 is 2.59 bits per heavy atom. The van der Waals surface area contributed by atoms with Crippen LogP contribution < -0.4 is 10.2 Å². The summed E-state index contributed by atoms with van der Waals surface area (Å²) in [6.45, 7) is 2.10. The summed E-state index contributed by atoms with van der Waals surface area (Å²) in [5.41, 5.74) is 0. The standard InChI is InChI=1S/C12H22N4S/c1-4-11-14-12(17-15-11)16(3)10-7-5-9(13-2)6-8-10/h9-10,13H,4-8H2,1-3H3. The minimum absolute atomic E-state index is 0.636. The molecule has 1 aromatic heterocycles. The number of aryl methyl sites for hydroxylation is 1. The topological polar surface area (TPSA) is 41.1 Å². The number of rotatable bonds is 4. The lowest BCUT2D eigenvalue weighted by Gasteiger charge is -2.34. The molecular weight excluding hydrogens is 232 g/mol. The number of nitrogens with one attached hydrogen (secondary N) is 1. The van der Waals surface area contributed by atoms with Crippen molar-refractivity contribution in [2.75, 3.05) is 19.0 Å². The van der Waals surface area contributed by atoms with Gasteiger partial charge >= 0.3 is 0 Å². The highest BCUT2D eigenvalue weighted by molar-refractivity contribution is 7.09. The van der Waals surface area contributed by atoms with E-state index in [1.807, 2.05) is 0 Å². The lowest BCUT2D eigenvalue weighted by molar-refractivity contribution is 0.351. The average molecular weight is 254 g/mol. The van der Waals surface area contributed by atoms with E-state index in [1.165, 1.54) is 37.2 Å². The zero-order valence-electron chi connectivity index (χ0n) is 10.9. The van der Waals surface area contributed by atoms with Crippen molar-refractivity contribution in [1.82, 2.24) is 14.7 Å². The van der Waals surface area contributed by atoms with Crippen molar-refractivity contribution in [2.24, 2.45) is 0 Å². The van der Waals surface area contributed by atoms with Crippen LogP contribution in [0.25, 0.3) is 0 Å². The Kier molecular flexibility index (Phi) is 4.34. The van der Waals surface area contributed by atoms with Crippen molar-refractivity contribution in [3.05, 3.63) is 5.82 Å². The number of nitrogens with zero attached hydrogens (tertiary/aromatic N) is 3. The van der Waals surface area contributed by atoms with Gasteiger partial charge in [-0.3, -0.25) is 0 Å². The van der Waals surface area contributed by atoms with Crippen molar-refractivity contribution in [3.8, 4) is 0 Å². The summed E-state index contributed by atoms with van der Waals surface area (Å²) >= 11 is 1.53. The van der Waals surface area contributed by atoms with Crippen LogP contribution >= 0.6 is 11.5 Å². The third-order valence-corrected chi connectivity index (χ3v) is 4.57. The fraction of sp³-hybridized carbons (Fsp3) is 0.833. The summed E-state index contributed by atoms with van der Waals surface area (Å²) in [5, 5.41) is 4.45. The maximum atomic E-state index is 4.56. The van der Waals surface area contributed by atoms with Gasteiger partial charge in [0.2, 0.25) is 5.13 Å². The summed E-state index contributed by atoms with van der Waals surface area (Å²) in [4.78, 5) is 6.88. The molecule has 1 aromatic rings. The summed E-state index contributed by atoms with van der Waals surface area (Å²) in [5.74, 6) is 0.973. The molecule has 0 saturated heterocycles. The van der Waals surface area contributed by atoms with Gasteiger partial charge < -0.3 is 10.2 Å². The van der Waals surface area contributed by atoms with Crippen LogP contribution in [0.15, 0.2) is 0 Å². The second-order valence-corrected chi connectivity index (χ2v) is 5.48. The maximum absolute atomic E-state index is 4.56. The SMILES string of the molecule is CCc1nsc(N(C)C2CCC(NC)CC2)n1. The number of aromatic nitrogens is 2. The smallest absolute Gasteiger partial charge is 0.205 e. The van der Waals surface area contributed by atoms with E-state index >= 15 is 0 Å². The van der Waals surface area contributed by atoms with Crippen molar-refractivity contribution in [1.29, 1.82) is 0 Å². The lowest BCUT2D eigenvalue weighted by atomic mass is 9.91. The highest BCUT2D eigenvalue weighted by Crippen LogP contribution is 2.27. The zero-order valence-corrected chi connectivity index (χ0v) is 11.8. The van der Waals surface area contributed by atoms with E-state index in [-0.39, 0.29) is 0 Å². The van der Waals surface area contributed by atoms with Crippen LogP contribution in [0.1, 0.15) is 38.4 Å². The Bertz CT molecular complexity index is 344. The fourth-order valence-electron chi connectivity index (χ4n) is 2.44. The Morgan fingerprint density at radius 2 is 2.06 bits per heavy atom. The van der Waals surface area contributed by atoms with Gasteiger partial charge in [-0.1, -0.05) is 6.92 Å². The third kappa shape index (κ3) is 2.96. The second kappa shape index (κ2) is 5.78. The van der Waals surface area contributed by atoms with E-state index < -0.39 is 0 Å². The molecule has 0 amide bonds. The minimum Gasteiger partial charge on any atom is -0.347 e. The van der Waals surface area contributed by atoms with Crippen molar-refractivity contribution in [3.63, 3.8) is 0 Å². The Hall–Kier alpha value is -0.680. The number of hydrogen-bond acceptors (Lipinski definition) is 5. The molecule has 0 bridgehead atoms. The van der Waals surface area contributed by atoms with Crippen LogP contribution in [0.2, 0.25) is 0 Å². The van der Waals surface area contributed by atoms with Crippen LogP contribution in [0, 0.1) is 0 Å². The van der Waals surface area contributed by atoms with Crippen LogP contribution in [0.5, 0.6) is 0 Å². The molecule has 1 fully saturated rings. The lowest BCUT2D eigenvalue weighted by Crippen LogP contribution is -2.39. The van der Waals surface area contributed by atoms with Crippen LogP contribution in [-0.2, 0) is 6.42 Å². The van der Waals surface area contributed by atoms with Crippen LogP contribution in [0.3, 0.4) is 0 Å². The van der Waals surface area contributed by atoms with Gasteiger partial charge in [0, 0.05) is 37.1 Å². The molecule has 1 saturated carbocycles. The molecule has 0 radical (unpaired) electrons. The highest BCUT2D eigenvalue weighted by Gasteiger charge is 2.24. The Morgan fingerprint density at radius 1 is 1.35 bits per heavy atom. The van der Waals surface area contributed by atoms with Gasteiger partial charge in [0.1, 0.15) is 5.82 Å². The van der Waals surface area contributed by atoms with Gasteiger partial charge in [0.05, 0.1) is 0 Å². The molecule has 0 unspecified atom stereocenters. The average Bonchev–Trinajstić information content (AvgIpc) is 2.87. The summed E-state index contributed by atoms with van der Waals surface area (Å²) in [7, 11) is 4.22. The van der Waals surface area contributed by atoms with E-state index in [2.05, 4.69) is 40.6 Å². The van der Waals surface area contributed by atoms with Crippen molar-refractivity contribution < 1.29 is 0 Å². The molecule has 0 atom stereocenters. The molecule has 0 aliphatic heterocycles. The monoisotopic (exact) mass is 254 g/mol. The normalized spacial score (nSPS) is 24.9. The van der Waals surface area contributed by atoms with Gasteiger partial charge in [-0.15, -0.1) is 0 Å². The molecule has 4 nitrogen and oxygen atoms in total. The first-order valence-electron chi connectivity index (χ1n) is 6.47. The molecule has 1 heterocycles. The van der Waals surface area contributed by atoms with Crippen LogP contribution in [-0.4, -0.2) is 35.5 Å². The molecule has 0 spiro atoms. The minimum atomic E-state index is 0.636. The van der Waals surface area contributed by atoms with Crippen LogP contribution in [0.4, 0.5) is 5.13 Å². The zero-order chi connectivity index (χ0) is 12.3. The van der Waals surface area contributed by atoms with Gasteiger partial charge in [-0.2, -0.15) is 4.37 Å². The number of hydrogen-bond donors (Lipinski definition) is 1. The molecular formula is C12H22N4S. The Balaban J connectivity index is 1.94. The first-order valence-corrected chi connectivity index (χ1v) is 7.24. The highest BCUT2D eigenvalue weighted by atomic mass is 32.1. The molecule has 1 aliphatic carbocycles. The van der Waals surface area contributed by atoms with Gasteiger partial charge in [0.25, 0.3) is 0 Å². The molecule has 5 heteroatoms. The van der Waals surface area contributed by atoms with E-state index in [4.69, 9.17) is 0 Å². The predicted molar refractivity (Wildman–Crippen MR) is 72.8 cm³/mol. The predicted octanol–water partition coefficient (Wildman–Crippen LogP) is 2.07. The molecule has 96 valence electrons. The summed E-state index contributed by atoms with van der Waals surface area (Å²) < 4.78 is 4.36. The Labute approximate surface area is 108 Å². The third-order valence-electron chi connectivity index (χ3n) is 3.73. The molecule has 2 rings (SSSR count). The summed E-state index contributed by atoms with van der Waals surface area (Å²) in [6, 6.07) is 1.34. The van der Waals surface area contributed by atoms with Gasteiger partial charge in [-0.25, -0.2) is 4.98 Å². The molecule has 1 aliphatic rings.